The topological polar surface area (TPSA) is 61.2 Å². The summed E-state index contributed by atoms with van der Waals surface area (Å²) in [7, 11) is 0. The van der Waals surface area contributed by atoms with Gasteiger partial charge < -0.3 is 9.53 Å². The van der Waals surface area contributed by atoms with Crippen LogP contribution in [-0.4, -0.2) is 22.0 Å². The van der Waals surface area contributed by atoms with Crippen molar-refractivity contribution in [1.82, 2.24) is 9.78 Å². The van der Waals surface area contributed by atoms with E-state index in [1.807, 2.05) is 6.07 Å². The molecule has 0 aliphatic rings. The molecule has 0 atom stereocenters. The van der Waals surface area contributed by atoms with E-state index in [1.165, 1.54) is 11.6 Å². The number of para-hydroxylation sites is 1. The SMILES string of the molecule is CC(=O)Oc1cccc2cnn(CC=O)c12. The average Bonchev–Trinajstić information content (AvgIpc) is 2.62. The van der Waals surface area contributed by atoms with Gasteiger partial charge in [0.25, 0.3) is 0 Å². The lowest BCUT2D eigenvalue weighted by Crippen LogP contribution is -2.05. The number of carbonyl (C=O) groups excluding carboxylic acids is 2. The lowest BCUT2D eigenvalue weighted by molar-refractivity contribution is -0.131. The van der Waals surface area contributed by atoms with Crippen molar-refractivity contribution in [1.29, 1.82) is 0 Å². The zero-order chi connectivity index (χ0) is 11.5. The van der Waals surface area contributed by atoms with E-state index < -0.39 is 5.97 Å². The number of fused-ring (bicyclic) bond motifs is 1. The summed E-state index contributed by atoms with van der Waals surface area (Å²) in [5.41, 5.74) is 0.657. The average molecular weight is 218 g/mol. The van der Waals surface area contributed by atoms with Crippen LogP contribution in [0.5, 0.6) is 5.75 Å². The maximum atomic E-state index is 10.9. The van der Waals surface area contributed by atoms with E-state index in [4.69, 9.17) is 4.74 Å². The van der Waals surface area contributed by atoms with Gasteiger partial charge in [0.1, 0.15) is 11.8 Å². The van der Waals surface area contributed by atoms with Crippen LogP contribution in [0.15, 0.2) is 24.4 Å². The van der Waals surface area contributed by atoms with Crippen LogP contribution in [0, 0.1) is 0 Å². The van der Waals surface area contributed by atoms with E-state index in [0.717, 1.165) is 11.7 Å². The van der Waals surface area contributed by atoms with Gasteiger partial charge >= 0.3 is 5.97 Å². The molecule has 2 aromatic rings. The molecule has 0 aliphatic heterocycles. The minimum atomic E-state index is -0.397. The molecule has 16 heavy (non-hydrogen) atoms. The summed E-state index contributed by atoms with van der Waals surface area (Å²) < 4.78 is 6.56. The van der Waals surface area contributed by atoms with Gasteiger partial charge in [-0.2, -0.15) is 5.10 Å². The Morgan fingerprint density at radius 2 is 2.38 bits per heavy atom. The molecule has 1 aromatic heterocycles. The van der Waals surface area contributed by atoms with Gasteiger partial charge in [0.05, 0.1) is 12.7 Å². The van der Waals surface area contributed by atoms with Gasteiger partial charge in [-0.15, -0.1) is 0 Å². The van der Waals surface area contributed by atoms with Crippen LogP contribution < -0.4 is 4.74 Å². The number of ether oxygens (including phenoxy) is 1. The highest BCUT2D eigenvalue weighted by Gasteiger charge is 2.09. The van der Waals surface area contributed by atoms with Crippen molar-refractivity contribution in [2.24, 2.45) is 0 Å². The van der Waals surface area contributed by atoms with Crippen LogP contribution in [-0.2, 0) is 16.1 Å². The van der Waals surface area contributed by atoms with E-state index in [2.05, 4.69) is 5.10 Å². The largest absolute Gasteiger partial charge is 0.424 e. The van der Waals surface area contributed by atoms with Crippen LogP contribution >= 0.6 is 0 Å². The second kappa shape index (κ2) is 4.14. The third-order valence-corrected chi connectivity index (χ3v) is 2.13. The maximum absolute atomic E-state index is 10.9. The van der Waals surface area contributed by atoms with Gasteiger partial charge in [-0.1, -0.05) is 12.1 Å². The van der Waals surface area contributed by atoms with Gasteiger partial charge in [-0.3, -0.25) is 9.48 Å². The Kier molecular flexibility index (Phi) is 2.68. The van der Waals surface area contributed by atoms with E-state index in [0.29, 0.717) is 11.3 Å². The van der Waals surface area contributed by atoms with Crippen molar-refractivity contribution in [3.8, 4) is 5.75 Å². The first-order chi connectivity index (χ1) is 7.72. The number of nitrogens with zero attached hydrogens (tertiary/aromatic N) is 2. The van der Waals surface area contributed by atoms with Crippen LogP contribution in [0.25, 0.3) is 10.9 Å². The smallest absolute Gasteiger partial charge is 0.308 e. The normalized spacial score (nSPS) is 10.3. The Morgan fingerprint density at radius 1 is 1.56 bits per heavy atom. The molecule has 0 bridgehead atoms. The first-order valence-corrected chi connectivity index (χ1v) is 4.79. The predicted octanol–water partition coefficient (Wildman–Crippen LogP) is 1.16. The summed E-state index contributed by atoms with van der Waals surface area (Å²) in [4.78, 5) is 21.4. The summed E-state index contributed by atoms with van der Waals surface area (Å²) >= 11 is 0. The lowest BCUT2D eigenvalue weighted by Gasteiger charge is -2.05. The summed E-state index contributed by atoms with van der Waals surface area (Å²) in [6, 6.07) is 5.29. The highest BCUT2D eigenvalue weighted by atomic mass is 16.5. The molecule has 0 radical (unpaired) electrons. The van der Waals surface area contributed by atoms with Gasteiger partial charge in [-0.05, 0) is 6.07 Å². The number of benzene rings is 1. The molecular weight excluding hydrogens is 208 g/mol. The third kappa shape index (κ3) is 1.79. The van der Waals surface area contributed by atoms with Crippen molar-refractivity contribution in [2.45, 2.75) is 13.5 Å². The molecule has 5 heteroatoms. The second-order valence-electron chi connectivity index (χ2n) is 3.28. The molecule has 0 unspecified atom stereocenters. The highest BCUT2D eigenvalue weighted by Crippen LogP contribution is 2.25. The number of aldehydes is 1. The predicted molar refractivity (Wildman–Crippen MR) is 57.1 cm³/mol. The van der Waals surface area contributed by atoms with E-state index in [9.17, 15) is 9.59 Å². The zero-order valence-electron chi connectivity index (χ0n) is 8.71. The van der Waals surface area contributed by atoms with Crippen molar-refractivity contribution in [3.05, 3.63) is 24.4 Å². The molecule has 2 rings (SSSR count). The fourth-order valence-corrected chi connectivity index (χ4v) is 1.56. The Balaban J connectivity index is 2.58. The number of hydrogen-bond acceptors (Lipinski definition) is 4. The van der Waals surface area contributed by atoms with E-state index >= 15 is 0 Å². The molecule has 82 valence electrons. The molecule has 5 nitrogen and oxygen atoms in total. The molecule has 0 spiro atoms. The third-order valence-electron chi connectivity index (χ3n) is 2.13. The molecule has 0 saturated heterocycles. The molecule has 0 N–H and O–H groups in total. The van der Waals surface area contributed by atoms with E-state index in [-0.39, 0.29) is 6.54 Å². The second-order valence-corrected chi connectivity index (χ2v) is 3.28. The number of aromatic nitrogens is 2. The molecular formula is C11H10N2O3. The quantitative estimate of drug-likeness (QED) is 0.440. The lowest BCUT2D eigenvalue weighted by atomic mass is 10.2. The molecule has 0 amide bonds. The number of carbonyl (C=O) groups is 2. The van der Waals surface area contributed by atoms with Crippen molar-refractivity contribution in [3.63, 3.8) is 0 Å². The Morgan fingerprint density at radius 3 is 3.06 bits per heavy atom. The minimum absolute atomic E-state index is 0.141. The Labute approximate surface area is 91.6 Å². The first-order valence-electron chi connectivity index (χ1n) is 4.79. The first kappa shape index (κ1) is 10.4. The van der Waals surface area contributed by atoms with Crippen molar-refractivity contribution < 1.29 is 14.3 Å². The van der Waals surface area contributed by atoms with Gasteiger partial charge in [-0.25, -0.2) is 0 Å². The van der Waals surface area contributed by atoms with Gasteiger partial charge in [0.15, 0.2) is 5.75 Å². The molecule has 0 fully saturated rings. The molecule has 0 saturated carbocycles. The summed E-state index contributed by atoms with van der Waals surface area (Å²) in [5.74, 6) is 0.0238. The van der Waals surface area contributed by atoms with Crippen LogP contribution in [0.2, 0.25) is 0 Å². The number of esters is 1. The number of rotatable bonds is 3. The standard InChI is InChI=1S/C11H10N2O3/c1-8(15)16-10-4-2-3-9-7-12-13(5-6-14)11(9)10/h2-4,6-7H,5H2,1H3. The van der Waals surface area contributed by atoms with Gasteiger partial charge in [0.2, 0.25) is 0 Å². The minimum Gasteiger partial charge on any atom is -0.424 e. The molecule has 1 aromatic carbocycles. The Hall–Kier alpha value is -2.17. The number of hydrogen-bond donors (Lipinski definition) is 0. The monoisotopic (exact) mass is 218 g/mol. The van der Waals surface area contributed by atoms with Crippen molar-refractivity contribution in [2.75, 3.05) is 0 Å². The zero-order valence-corrected chi connectivity index (χ0v) is 8.71. The fourth-order valence-electron chi connectivity index (χ4n) is 1.56. The summed E-state index contributed by atoms with van der Waals surface area (Å²) in [6.45, 7) is 1.47. The molecule has 0 aliphatic carbocycles. The van der Waals surface area contributed by atoms with Crippen molar-refractivity contribution >= 4 is 23.2 Å². The van der Waals surface area contributed by atoms with Crippen LogP contribution in [0.1, 0.15) is 6.92 Å². The summed E-state index contributed by atoms with van der Waals surface area (Å²) in [6.07, 6.45) is 2.38. The maximum Gasteiger partial charge on any atom is 0.308 e. The Bertz CT molecular complexity index is 545. The van der Waals surface area contributed by atoms with Crippen LogP contribution in [0.4, 0.5) is 0 Å². The van der Waals surface area contributed by atoms with E-state index in [1.54, 1.807) is 18.3 Å². The fraction of sp³-hybridized carbons (Fsp3) is 0.182. The van der Waals surface area contributed by atoms with Gasteiger partial charge in [0, 0.05) is 12.3 Å². The highest BCUT2D eigenvalue weighted by molar-refractivity contribution is 5.87. The van der Waals surface area contributed by atoms with Crippen LogP contribution in [0.3, 0.4) is 0 Å². The molecule has 1 heterocycles. The summed E-state index contributed by atoms with van der Waals surface area (Å²) in [5, 5.41) is 4.88.